The van der Waals surface area contributed by atoms with E-state index in [1.54, 1.807) is 0 Å². The number of carbonyl (C=O) groups is 1. The van der Waals surface area contributed by atoms with Gasteiger partial charge in [-0.3, -0.25) is 4.79 Å². The SMILES string of the molecule is CC(C)[C@@H]1CCC2=CC(=O)CC[C@]21C. The van der Waals surface area contributed by atoms with Crippen molar-refractivity contribution in [1.29, 1.82) is 0 Å². The van der Waals surface area contributed by atoms with Crippen LogP contribution in [0.25, 0.3) is 0 Å². The highest BCUT2D eigenvalue weighted by atomic mass is 16.1. The summed E-state index contributed by atoms with van der Waals surface area (Å²) in [6.07, 6.45) is 6.23. The van der Waals surface area contributed by atoms with Crippen LogP contribution in [0.4, 0.5) is 0 Å². The van der Waals surface area contributed by atoms with Crippen molar-refractivity contribution in [2.24, 2.45) is 17.3 Å². The lowest BCUT2D eigenvalue weighted by Crippen LogP contribution is -2.30. The second kappa shape index (κ2) is 3.22. The van der Waals surface area contributed by atoms with Gasteiger partial charge < -0.3 is 0 Å². The molecule has 0 saturated heterocycles. The van der Waals surface area contributed by atoms with Crippen LogP contribution < -0.4 is 0 Å². The third-order valence-corrected chi connectivity index (χ3v) is 4.31. The third-order valence-electron chi connectivity index (χ3n) is 4.31. The molecule has 1 fully saturated rings. The average Bonchev–Trinajstić information content (AvgIpc) is 2.43. The maximum absolute atomic E-state index is 11.3. The van der Waals surface area contributed by atoms with Gasteiger partial charge in [-0.1, -0.05) is 26.3 Å². The standard InChI is InChI=1S/C13H20O/c1-9(2)12-5-4-10-8-11(14)6-7-13(10,12)3/h8-9,12H,4-7H2,1-3H3/t12-,13+/m0/s1. The van der Waals surface area contributed by atoms with E-state index in [1.807, 2.05) is 6.08 Å². The molecule has 2 rings (SSSR count). The first-order chi connectivity index (χ1) is 6.54. The molecule has 0 amide bonds. The Morgan fingerprint density at radius 1 is 1.43 bits per heavy atom. The van der Waals surface area contributed by atoms with Crippen LogP contribution in [0.3, 0.4) is 0 Å². The fourth-order valence-electron chi connectivity index (χ4n) is 3.45. The van der Waals surface area contributed by atoms with E-state index in [0.29, 0.717) is 11.2 Å². The molecule has 78 valence electrons. The van der Waals surface area contributed by atoms with Gasteiger partial charge >= 0.3 is 0 Å². The molecular formula is C13H20O. The van der Waals surface area contributed by atoms with Crippen LogP contribution in [0.1, 0.15) is 46.5 Å². The zero-order chi connectivity index (χ0) is 10.3. The number of ketones is 1. The van der Waals surface area contributed by atoms with Gasteiger partial charge in [0.2, 0.25) is 0 Å². The number of hydrogen-bond donors (Lipinski definition) is 0. The molecule has 2 atom stereocenters. The molecule has 2 aliphatic carbocycles. The van der Waals surface area contributed by atoms with Crippen LogP contribution in [0.2, 0.25) is 0 Å². The Balaban J connectivity index is 2.32. The van der Waals surface area contributed by atoms with Crippen molar-refractivity contribution in [2.75, 3.05) is 0 Å². The second-order valence-corrected chi connectivity index (χ2v) is 5.44. The maximum atomic E-state index is 11.3. The molecule has 14 heavy (non-hydrogen) atoms. The topological polar surface area (TPSA) is 17.1 Å². The number of fused-ring (bicyclic) bond motifs is 1. The van der Waals surface area contributed by atoms with Crippen LogP contribution in [0, 0.1) is 17.3 Å². The van der Waals surface area contributed by atoms with Gasteiger partial charge in [0.1, 0.15) is 0 Å². The zero-order valence-electron chi connectivity index (χ0n) is 9.47. The van der Waals surface area contributed by atoms with Crippen molar-refractivity contribution in [1.82, 2.24) is 0 Å². The van der Waals surface area contributed by atoms with Gasteiger partial charge in [-0.05, 0) is 42.6 Å². The number of allylic oxidation sites excluding steroid dienone is 2. The zero-order valence-corrected chi connectivity index (χ0v) is 9.47. The highest BCUT2D eigenvalue weighted by molar-refractivity contribution is 5.91. The van der Waals surface area contributed by atoms with Crippen molar-refractivity contribution < 1.29 is 4.79 Å². The van der Waals surface area contributed by atoms with Crippen molar-refractivity contribution in [2.45, 2.75) is 46.5 Å². The van der Waals surface area contributed by atoms with Gasteiger partial charge in [0.25, 0.3) is 0 Å². The summed E-state index contributed by atoms with van der Waals surface area (Å²) in [5, 5.41) is 0. The van der Waals surface area contributed by atoms with E-state index in [1.165, 1.54) is 12.0 Å². The minimum Gasteiger partial charge on any atom is -0.295 e. The predicted molar refractivity (Wildman–Crippen MR) is 58.0 cm³/mol. The molecule has 1 nitrogen and oxygen atoms in total. The molecule has 0 aromatic rings. The Labute approximate surface area is 86.6 Å². The van der Waals surface area contributed by atoms with Gasteiger partial charge in [0.15, 0.2) is 5.78 Å². The minimum atomic E-state index is 0.349. The molecular weight excluding hydrogens is 172 g/mol. The summed E-state index contributed by atoms with van der Waals surface area (Å²) >= 11 is 0. The number of hydrogen-bond acceptors (Lipinski definition) is 1. The summed E-state index contributed by atoms with van der Waals surface area (Å²) in [4.78, 5) is 11.3. The fraction of sp³-hybridized carbons (Fsp3) is 0.769. The maximum Gasteiger partial charge on any atom is 0.155 e. The van der Waals surface area contributed by atoms with Crippen LogP contribution in [0.15, 0.2) is 11.6 Å². The summed E-state index contributed by atoms with van der Waals surface area (Å²) in [6.45, 7) is 6.99. The third kappa shape index (κ3) is 1.34. The van der Waals surface area contributed by atoms with E-state index in [4.69, 9.17) is 0 Å². The Morgan fingerprint density at radius 3 is 2.79 bits per heavy atom. The normalized spacial score (nSPS) is 37.3. The van der Waals surface area contributed by atoms with Crippen molar-refractivity contribution >= 4 is 5.78 Å². The molecule has 0 heterocycles. The van der Waals surface area contributed by atoms with E-state index in [0.717, 1.165) is 31.1 Å². The molecule has 0 N–H and O–H groups in total. The largest absolute Gasteiger partial charge is 0.295 e. The lowest BCUT2D eigenvalue weighted by molar-refractivity contribution is -0.115. The smallest absolute Gasteiger partial charge is 0.155 e. The van der Waals surface area contributed by atoms with Gasteiger partial charge in [-0.2, -0.15) is 0 Å². The van der Waals surface area contributed by atoms with E-state index in [2.05, 4.69) is 20.8 Å². The summed E-state index contributed by atoms with van der Waals surface area (Å²) in [7, 11) is 0. The van der Waals surface area contributed by atoms with E-state index in [-0.39, 0.29) is 0 Å². The highest BCUT2D eigenvalue weighted by Gasteiger charge is 2.45. The van der Waals surface area contributed by atoms with E-state index in [9.17, 15) is 4.79 Å². The Morgan fingerprint density at radius 2 is 2.14 bits per heavy atom. The Kier molecular flexibility index (Phi) is 2.29. The molecule has 2 aliphatic rings. The highest BCUT2D eigenvalue weighted by Crippen LogP contribution is 2.54. The summed E-state index contributed by atoms with van der Waals surface area (Å²) in [5.74, 6) is 1.89. The molecule has 0 aromatic carbocycles. The molecule has 1 saturated carbocycles. The Hall–Kier alpha value is -0.590. The van der Waals surface area contributed by atoms with Gasteiger partial charge in [-0.15, -0.1) is 0 Å². The van der Waals surface area contributed by atoms with Crippen LogP contribution in [0.5, 0.6) is 0 Å². The van der Waals surface area contributed by atoms with Gasteiger partial charge in [-0.25, -0.2) is 0 Å². The predicted octanol–water partition coefficient (Wildman–Crippen LogP) is 3.35. The van der Waals surface area contributed by atoms with Crippen LogP contribution >= 0.6 is 0 Å². The lowest BCUT2D eigenvalue weighted by atomic mass is 9.67. The van der Waals surface area contributed by atoms with E-state index < -0.39 is 0 Å². The monoisotopic (exact) mass is 192 g/mol. The minimum absolute atomic E-state index is 0.349. The molecule has 0 aromatic heterocycles. The number of carbonyl (C=O) groups excluding carboxylic acids is 1. The van der Waals surface area contributed by atoms with E-state index >= 15 is 0 Å². The average molecular weight is 192 g/mol. The molecule has 1 heteroatoms. The molecule has 0 aliphatic heterocycles. The summed E-state index contributed by atoms with van der Waals surface area (Å²) < 4.78 is 0. The first kappa shape index (κ1) is 9.95. The lowest BCUT2D eigenvalue weighted by Gasteiger charge is -2.37. The summed E-state index contributed by atoms with van der Waals surface area (Å²) in [5.41, 5.74) is 1.79. The van der Waals surface area contributed by atoms with Crippen LogP contribution in [-0.4, -0.2) is 5.78 Å². The van der Waals surface area contributed by atoms with Gasteiger partial charge in [0.05, 0.1) is 0 Å². The second-order valence-electron chi connectivity index (χ2n) is 5.44. The first-order valence-corrected chi connectivity index (χ1v) is 5.78. The fourth-order valence-corrected chi connectivity index (χ4v) is 3.45. The molecule has 0 spiro atoms. The van der Waals surface area contributed by atoms with Crippen molar-refractivity contribution in [3.8, 4) is 0 Å². The summed E-state index contributed by atoms with van der Waals surface area (Å²) in [6, 6.07) is 0. The molecule has 0 bridgehead atoms. The molecule has 0 unspecified atom stereocenters. The Bertz CT molecular complexity index is 288. The molecule has 0 radical (unpaired) electrons. The van der Waals surface area contributed by atoms with Crippen molar-refractivity contribution in [3.05, 3.63) is 11.6 Å². The van der Waals surface area contributed by atoms with Crippen molar-refractivity contribution in [3.63, 3.8) is 0 Å². The first-order valence-electron chi connectivity index (χ1n) is 5.78. The van der Waals surface area contributed by atoms with Crippen LogP contribution in [-0.2, 0) is 4.79 Å². The van der Waals surface area contributed by atoms with Gasteiger partial charge in [0, 0.05) is 6.42 Å². The number of rotatable bonds is 1. The quantitative estimate of drug-likeness (QED) is 0.622.